The summed E-state index contributed by atoms with van der Waals surface area (Å²) in [5.41, 5.74) is 1.25. The van der Waals surface area contributed by atoms with Gasteiger partial charge in [0, 0.05) is 38.3 Å². The van der Waals surface area contributed by atoms with E-state index in [-0.39, 0.29) is 24.0 Å². The summed E-state index contributed by atoms with van der Waals surface area (Å²) < 4.78 is 0. The predicted molar refractivity (Wildman–Crippen MR) is 123 cm³/mol. The normalized spacial score (nSPS) is 21.2. The molecule has 1 aromatic carbocycles. The Kier molecular flexibility index (Phi) is 9.68. The Morgan fingerprint density at radius 1 is 1.19 bits per heavy atom. The van der Waals surface area contributed by atoms with Gasteiger partial charge in [-0.2, -0.15) is 0 Å². The fourth-order valence-corrected chi connectivity index (χ4v) is 4.16. The SMILES string of the molecule is CCNC(=NCCCc1ccc(O)cc1)NC1CCN(C2CCCC2)C1.I. The van der Waals surface area contributed by atoms with Gasteiger partial charge in [-0.25, -0.2) is 0 Å². The van der Waals surface area contributed by atoms with E-state index in [2.05, 4.69) is 22.5 Å². The third-order valence-corrected chi connectivity index (χ3v) is 5.58. The second-order valence-electron chi connectivity index (χ2n) is 7.59. The standard InChI is InChI=1S/C21H34N4O.HI/c1-2-22-21(23-14-5-6-17-9-11-20(26)12-10-17)24-18-13-15-25(16-18)19-7-3-4-8-19;/h9-12,18-19,26H,2-8,13-16H2,1H3,(H2,22,23,24);1H. The Labute approximate surface area is 181 Å². The molecule has 1 saturated heterocycles. The molecule has 0 amide bonds. The second kappa shape index (κ2) is 11.7. The average molecular weight is 486 g/mol. The number of aryl methyl sites for hydroxylation is 1. The van der Waals surface area contributed by atoms with Crippen LogP contribution in [0.15, 0.2) is 29.3 Å². The summed E-state index contributed by atoms with van der Waals surface area (Å²) in [4.78, 5) is 7.44. The van der Waals surface area contributed by atoms with Gasteiger partial charge in [0.05, 0.1) is 0 Å². The summed E-state index contributed by atoms with van der Waals surface area (Å²) in [6.07, 6.45) is 8.81. The number of guanidine groups is 1. The molecule has 3 rings (SSSR count). The van der Waals surface area contributed by atoms with Crippen LogP contribution in [0.25, 0.3) is 0 Å². The van der Waals surface area contributed by atoms with Crippen molar-refractivity contribution in [3.8, 4) is 5.75 Å². The minimum atomic E-state index is 0. The highest BCUT2D eigenvalue weighted by Gasteiger charge is 2.30. The molecule has 1 saturated carbocycles. The van der Waals surface area contributed by atoms with Crippen molar-refractivity contribution in [2.75, 3.05) is 26.2 Å². The molecule has 0 spiro atoms. The molecule has 2 fully saturated rings. The summed E-state index contributed by atoms with van der Waals surface area (Å²) in [5, 5.41) is 16.4. The van der Waals surface area contributed by atoms with E-state index in [1.807, 2.05) is 12.1 Å². The number of likely N-dealkylation sites (tertiary alicyclic amines) is 1. The molecule has 2 aliphatic rings. The first kappa shape index (κ1) is 22.3. The summed E-state index contributed by atoms with van der Waals surface area (Å²) in [7, 11) is 0. The fourth-order valence-electron chi connectivity index (χ4n) is 4.16. The van der Waals surface area contributed by atoms with Gasteiger partial charge in [-0.05, 0) is 56.7 Å². The number of benzene rings is 1. The van der Waals surface area contributed by atoms with Crippen LogP contribution in [-0.4, -0.2) is 54.2 Å². The van der Waals surface area contributed by atoms with Crippen molar-refractivity contribution in [1.29, 1.82) is 0 Å². The number of aromatic hydroxyl groups is 1. The van der Waals surface area contributed by atoms with Crippen LogP contribution in [0.3, 0.4) is 0 Å². The number of hydrogen-bond donors (Lipinski definition) is 3. The molecule has 1 aliphatic heterocycles. The van der Waals surface area contributed by atoms with E-state index in [9.17, 15) is 5.11 Å². The third kappa shape index (κ3) is 7.14. The Morgan fingerprint density at radius 2 is 1.93 bits per heavy atom. The Bertz CT molecular complexity index is 572. The molecule has 0 bridgehead atoms. The van der Waals surface area contributed by atoms with Gasteiger partial charge < -0.3 is 15.7 Å². The van der Waals surface area contributed by atoms with Crippen molar-refractivity contribution in [2.24, 2.45) is 4.99 Å². The minimum Gasteiger partial charge on any atom is -0.508 e. The molecular weight excluding hydrogens is 451 g/mol. The molecule has 1 aromatic rings. The van der Waals surface area contributed by atoms with Crippen LogP contribution in [0.5, 0.6) is 5.75 Å². The summed E-state index contributed by atoms with van der Waals surface area (Å²) in [6.45, 7) is 6.20. The zero-order valence-corrected chi connectivity index (χ0v) is 18.8. The number of nitrogens with one attached hydrogen (secondary N) is 2. The largest absolute Gasteiger partial charge is 0.508 e. The highest BCUT2D eigenvalue weighted by atomic mass is 127. The molecule has 0 aromatic heterocycles. The quantitative estimate of drug-likeness (QED) is 0.239. The first-order valence-electron chi connectivity index (χ1n) is 10.3. The zero-order valence-electron chi connectivity index (χ0n) is 16.5. The van der Waals surface area contributed by atoms with Crippen molar-refractivity contribution in [2.45, 2.75) is 64.0 Å². The molecule has 1 atom stereocenters. The van der Waals surface area contributed by atoms with Crippen molar-refractivity contribution in [3.05, 3.63) is 29.8 Å². The monoisotopic (exact) mass is 486 g/mol. The summed E-state index contributed by atoms with van der Waals surface area (Å²) in [6, 6.07) is 8.81. The van der Waals surface area contributed by atoms with Gasteiger partial charge >= 0.3 is 0 Å². The van der Waals surface area contributed by atoms with Gasteiger partial charge in [0.1, 0.15) is 5.75 Å². The van der Waals surface area contributed by atoms with E-state index in [4.69, 9.17) is 4.99 Å². The molecule has 1 unspecified atom stereocenters. The highest BCUT2D eigenvalue weighted by Crippen LogP contribution is 2.26. The van der Waals surface area contributed by atoms with Crippen LogP contribution in [0, 0.1) is 0 Å². The van der Waals surface area contributed by atoms with Gasteiger partial charge in [0.15, 0.2) is 5.96 Å². The maximum absolute atomic E-state index is 9.34. The van der Waals surface area contributed by atoms with Gasteiger partial charge in [-0.15, -0.1) is 24.0 Å². The first-order chi connectivity index (χ1) is 12.7. The highest BCUT2D eigenvalue weighted by molar-refractivity contribution is 14.0. The minimum absolute atomic E-state index is 0. The maximum atomic E-state index is 9.34. The number of hydrogen-bond acceptors (Lipinski definition) is 3. The molecule has 1 aliphatic carbocycles. The van der Waals surface area contributed by atoms with Gasteiger partial charge in [0.25, 0.3) is 0 Å². The Balaban J connectivity index is 0.00000261. The number of aliphatic imine (C=N–C) groups is 1. The predicted octanol–water partition coefficient (Wildman–Crippen LogP) is 3.51. The molecule has 3 N–H and O–H groups in total. The van der Waals surface area contributed by atoms with Crippen molar-refractivity contribution in [1.82, 2.24) is 15.5 Å². The van der Waals surface area contributed by atoms with Gasteiger partial charge in [-0.3, -0.25) is 9.89 Å². The van der Waals surface area contributed by atoms with Gasteiger partial charge in [-0.1, -0.05) is 25.0 Å². The number of phenols is 1. The average Bonchev–Trinajstić information content (AvgIpc) is 3.32. The lowest BCUT2D eigenvalue weighted by Crippen LogP contribution is -2.45. The molecule has 6 heteroatoms. The second-order valence-corrected chi connectivity index (χ2v) is 7.59. The van der Waals surface area contributed by atoms with Gasteiger partial charge in [0.2, 0.25) is 0 Å². The van der Waals surface area contributed by atoms with E-state index in [1.54, 1.807) is 12.1 Å². The lowest BCUT2D eigenvalue weighted by molar-refractivity contribution is 0.242. The van der Waals surface area contributed by atoms with E-state index in [0.29, 0.717) is 11.8 Å². The summed E-state index contributed by atoms with van der Waals surface area (Å²) in [5.74, 6) is 1.28. The van der Waals surface area contributed by atoms with Crippen molar-refractivity contribution < 1.29 is 5.11 Å². The van der Waals surface area contributed by atoms with E-state index in [0.717, 1.165) is 44.5 Å². The Hall–Kier alpha value is -1.02. The fraction of sp³-hybridized carbons (Fsp3) is 0.667. The lowest BCUT2D eigenvalue weighted by atomic mass is 10.1. The van der Waals surface area contributed by atoms with Crippen LogP contribution in [0.2, 0.25) is 0 Å². The molecule has 5 nitrogen and oxygen atoms in total. The third-order valence-electron chi connectivity index (χ3n) is 5.58. The maximum Gasteiger partial charge on any atom is 0.191 e. The summed E-state index contributed by atoms with van der Waals surface area (Å²) >= 11 is 0. The van der Waals surface area contributed by atoms with Crippen molar-refractivity contribution >= 4 is 29.9 Å². The molecule has 27 heavy (non-hydrogen) atoms. The van der Waals surface area contributed by atoms with E-state index >= 15 is 0 Å². The smallest absolute Gasteiger partial charge is 0.191 e. The zero-order chi connectivity index (χ0) is 18.2. The molecule has 152 valence electrons. The van der Waals surface area contributed by atoms with Crippen LogP contribution < -0.4 is 10.6 Å². The number of rotatable bonds is 7. The van der Waals surface area contributed by atoms with Crippen molar-refractivity contribution in [3.63, 3.8) is 0 Å². The van der Waals surface area contributed by atoms with Crippen LogP contribution in [-0.2, 0) is 6.42 Å². The Morgan fingerprint density at radius 3 is 2.63 bits per heavy atom. The first-order valence-corrected chi connectivity index (χ1v) is 10.3. The number of phenolic OH excluding ortho intramolecular Hbond substituents is 1. The molecular formula is C21H35IN4O. The topological polar surface area (TPSA) is 59.9 Å². The van der Waals surface area contributed by atoms with Crippen LogP contribution >= 0.6 is 24.0 Å². The number of halogens is 1. The van der Waals surface area contributed by atoms with E-state index in [1.165, 1.54) is 44.2 Å². The molecule has 1 heterocycles. The number of nitrogens with zero attached hydrogens (tertiary/aromatic N) is 2. The van der Waals surface area contributed by atoms with Crippen LogP contribution in [0.4, 0.5) is 0 Å². The van der Waals surface area contributed by atoms with E-state index < -0.39 is 0 Å². The molecule has 0 radical (unpaired) electrons. The van der Waals surface area contributed by atoms with Crippen LogP contribution in [0.1, 0.15) is 51.0 Å². The lowest BCUT2D eigenvalue weighted by Gasteiger charge is -2.24.